The third kappa shape index (κ3) is 3.81. The van der Waals surface area contributed by atoms with Crippen molar-refractivity contribution in [2.24, 2.45) is 0 Å². The quantitative estimate of drug-likeness (QED) is 0.676. The predicted molar refractivity (Wildman–Crippen MR) is 116 cm³/mol. The van der Waals surface area contributed by atoms with Crippen LogP contribution < -0.4 is 15.0 Å². The number of hydrogen-bond donors (Lipinski definition) is 1. The number of pyridine rings is 2. The summed E-state index contributed by atoms with van der Waals surface area (Å²) in [7, 11) is 3.71. The van der Waals surface area contributed by atoms with E-state index in [0.29, 0.717) is 27.1 Å². The van der Waals surface area contributed by atoms with E-state index in [1.54, 1.807) is 13.2 Å². The lowest BCUT2D eigenvalue weighted by molar-refractivity contribution is 0.313. The Morgan fingerprint density at radius 1 is 1.00 bits per heavy atom. The average molecular weight is 418 g/mol. The van der Waals surface area contributed by atoms with E-state index in [-0.39, 0.29) is 0 Å². The summed E-state index contributed by atoms with van der Waals surface area (Å²) in [5, 5.41) is 5.03. The number of rotatable bonds is 4. The van der Waals surface area contributed by atoms with Crippen LogP contribution in [0.3, 0.4) is 0 Å². The van der Waals surface area contributed by atoms with Crippen molar-refractivity contribution < 1.29 is 4.74 Å². The van der Waals surface area contributed by atoms with Crippen LogP contribution in [0.2, 0.25) is 10.0 Å². The van der Waals surface area contributed by atoms with Crippen molar-refractivity contribution >= 4 is 51.4 Å². The van der Waals surface area contributed by atoms with Gasteiger partial charge in [0.2, 0.25) is 0 Å². The summed E-state index contributed by atoms with van der Waals surface area (Å²) in [6, 6.07) is 9.51. The first kappa shape index (κ1) is 19.1. The fourth-order valence-corrected chi connectivity index (χ4v) is 3.93. The molecule has 3 heterocycles. The second-order valence-corrected chi connectivity index (χ2v) is 7.60. The smallest absolute Gasteiger partial charge is 0.163 e. The maximum absolute atomic E-state index is 6.30. The second-order valence-electron chi connectivity index (χ2n) is 6.78. The van der Waals surface area contributed by atoms with E-state index in [4.69, 9.17) is 27.9 Å². The van der Waals surface area contributed by atoms with E-state index in [2.05, 4.69) is 32.1 Å². The van der Waals surface area contributed by atoms with Gasteiger partial charge in [-0.05, 0) is 31.3 Å². The molecule has 2 aromatic heterocycles. The van der Waals surface area contributed by atoms with Crippen molar-refractivity contribution in [3.05, 3.63) is 46.6 Å². The van der Waals surface area contributed by atoms with Crippen LogP contribution in [-0.4, -0.2) is 55.2 Å². The molecule has 1 aliphatic rings. The van der Waals surface area contributed by atoms with Crippen LogP contribution in [0.25, 0.3) is 10.9 Å². The molecule has 1 saturated heterocycles. The zero-order valence-corrected chi connectivity index (χ0v) is 17.3. The lowest BCUT2D eigenvalue weighted by atomic mass is 10.2. The number of anilines is 3. The van der Waals surface area contributed by atoms with E-state index >= 15 is 0 Å². The molecular formula is C20H21Cl2N5O. The molecule has 146 valence electrons. The molecule has 0 spiro atoms. The summed E-state index contributed by atoms with van der Waals surface area (Å²) in [6.07, 6.45) is 1.81. The summed E-state index contributed by atoms with van der Waals surface area (Å²) >= 11 is 12.5. The highest BCUT2D eigenvalue weighted by Crippen LogP contribution is 2.37. The van der Waals surface area contributed by atoms with E-state index in [9.17, 15) is 0 Å². The molecule has 6 nitrogen and oxygen atoms in total. The number of aromatic nitrogens is 2. The molecule has 0 aliphatic carbocycles. The number of benzene rings is 1. The minimum Gasteiger partial charge on any atom is -0.493 e. The zero-order valence-electron chi connectivity index (χ0n) is 15.7. The van der Waals surface area contributed by atoms with Crippen LogP contribution in [0.15, 0.2) is 36.5 Å². The number of piperazine rings is 1. The van der Waals surface area contributed by atoms with Crippen LogP contribution in [0.4, 0.5) is 17.3 Å². The maximum atomic E-state index is 6.30. The number of ether oxygens (including phenoxy) is 1. The molecule has 0 amide bonds. The first-order chi connectivity index (χ1) is 13.5. The first-order valence-corrected chi connectivity index (χ1v) is 9.80. The minimum atomic E-state index is 0.430. The summed E-state index contributed by atoms with van der Waals surface area (Å²) in [5.74, 6) is 1.88. The Morgan fingerprint density at radius 2 is 1.79 bits per heavy atom. The Hall–Kier alpha value is -2.28. The lowest BCUT2D eigenvalue weighted by Crippen LogP contribution is -2.44. The summed E-state index contributed by atoms with van der Waals surface area (Å²) < 4.78 is 5.42. The van der Waals surface area contributed by atoms with Gasteiger partial charge in [-0.25, -0.2) is 9.97 Å². The van der Waals surface area contributed by atoms with Gasteiger partial charge in [-0.2, -0.15) is 0 Å². The molecule has 0 saturated carbocycles. The Labute approximate surface area is 174 Å². The number of nitrogens with zero attached hydrogens (tertiary/aromatic N) is 4. The zero-order chi connectivity index (χ0) is 19.7. The van der Waals surface area contributed by atoms with Gasteiger partial charge in [-0.15, -0.1) is 0 Å². The highest BCUT2D eigenvalue weighted by molar-refractivity contribution is 6.39. The van der Waals surface area contributed by atoms with E-state index in [0.717, 1.165) is 43.1 Å². The van der Waals surface area contributed by atoms with Crippen LogP contribution in [-0.2, 0) is 0 Å². The van der Waals surface area contributed by atoms with Crippen LogP contribution >= 0.6 is 23.2 Å². The fraction of sp³-hybridized carbons (Fsp3) is 0.300. The van der Waals surface area contributed by atoms with Gasteiger partial charge in [0.05, 0.1) is 17.2 Å². The van der Waals surface area contributed by atoms with Crippen molar-refractivity contribution in [3.8, 4) is 5.75 Å². The lowest BCUT2D eigenvalue weighted by Gasteiger charge is -2.34. The number of nitrogens with one attached hydrogen (secondary N) is 1. The molecule has 0 radical (unpaired) electrons. The van der Waals surface area contributed by atoms with Crippen molar-refractivity contribution in [2.75, 3.05) is 50.6 Å². The summed E-state index contributed by atoms with van der Waals surface area (Å²) in [6.45, 7) is 4.11. The molecule has 8 heteroatoms. The largest absolute Gasteiger partial charge is 0.493 e. The van der Waals surface area contributed by atoms with Crippen LogP contribution in [0.1, 0.15) is 0 Å². The van der Waals surface area contributed by atoms with Crippen molar-refractivity contribution in [2.45, 2.75) is 0 Å². The van der Waals surface area contributed by atoms with Crippen molar-refractivity contribution in [1.82, 2.24) is 14.9 Å². The van der Waals surface area contributed by atoms with Gasteiger partial charge in [-0.1, -0.05) is 23.2 Å². The molecule has 0 bridgehead atoms. The monoisotopic (exact) mass is 417 g/mol. The van der Waals surface area contributed by atoms with Gasteiger partial charge in [0.25, 0.3) is 0 Å². The highest BCUT2D eigenvalue weighted by atomic mass is 35.5. The number of likely N-dealkylation sites (N-methyl/N-ethyl adjacent to an activating group) is 1. The Kier molecular flexibility index (Phi) is 5.44. The van der Waals surface area contributed by atoms with E-state index < -0.39 is 0 Å². The molecule has 0 atom stereocenters. The summed E-state index contributed by atoms with van der Waals surface area (Å²) in [4.78, 5) is 13.8. The standard InChI is InChI=1S/C20H21Cl2N5O/c1-26-7-9-27(10-8-26)13-5-6-23-18(11-13)24-17-4-3-14-15(21)12-16(22)20(28-2)19(14)25-17/h3-6,11-12H,7-10H2,1-2H3,(H,23,24,25). The normalized spacial score (nSPS) is 15.1. The van der Waals surface area contributed by atoms with Crippen molar-refractivity contribution in [3.63, 3.8) is 0 Å². The van der Waals surface area contributed by atoms with Gasteiger partial charge in [0.1, 0.15) is 17.2 Å². The van der Waals surface area contributed by atoms with Crippen LogP contribution in [0, 0.1) is 0 Å². The van der Waals surface area contributed by atoms with Crippen LogP contribution in [0.5, 0.6) is 5.75 Å². The molecule has 0 unspecified atom stereocenters. The molecule has 4 rings (SSSR count). The van der Waals surface area contributed by atoms with Gasteiger partial charge < -0.3 is 19.9 Å². The highest BCUT2D eigenvalue weighted by Gasteiger charge is 2.16. The molecule has 1 N–H and O–H groups in total. The molecule has 3 aromatic rings. The van der Waals surface area contributed by atoms with E-state index in [1.807, 2.05) is 30.5 Å². The molecule has 28 heavy (non-hydrogen) atoms. The minimum absolute atomic E-state index is 0.430. The van der Waals surface area contributed by atoms with Gasteiger partial charge in [0, 0.05) is 49.5 Å². The SMILES string of the molecule is COc1c(Cl)cc(Cl)c2ccc(Nc3cc(N4CCN(C)CC4)ccn3)nc12. The topological polar surface area (TPSA) is 53.5 Å². The van der Waals surface area contributed by atoms with Gasteiger partial charge in [0.15, 0.2) is 5.75 Å². The fourth-order valence-electron chi connectivity index (χ4n) is 3.34. The van der Waals surface area contributed by atoms with E-state index in [1.165, 1.54) is 0 Å². The first-order valence-electron chi connectivity index (χ1n) is 9.04. The predicted octanol–water partition coefficient (Wildman–Crippen LogP) is 4.44. The maximum Gasteiger partial charge on any atom is 0.163 e. The second kappa shape index (κ2) is 7.99. The number of fused-ring (bicyclic) bond motifs is 1. The molecule has 1 fully saturated rings. The molecule has 1 aliphatic heterocycles. The summed E-state index contributed by atoms with van der Waals surface area (Å²) in [5.41, 5.74) is 1.76. The van der Waals surface area contributed by atoms with Crippen molar-refractivity contribution in [1.29, 1.82) is 0 Å². The number of halogens is 2. The number of methoxy groups -OCH3 is 1. The van der Waals surface area contributed by atoms with Gasteiger partial charge >= 0.3 is 0 Å². The van der Waals surface area contributed by atoms with Gasteiger partial charge in [-0.3, -0.25) is 0 Å². The Morgan fingerprint density at radius 3 is 2.54 bits per heavy atom. The number of hydrogen-bond acceptors (Lipinski definition) is 6. The molecule has 1 aromatic carbocycles. The third-order valence-electron chi connectivity index (χ3n) is 4.91. The Balaban J connectivity index is 1.62. The average Bonchev–Trinajstić information content (AvgIpc) is 2.69. The molecular weight excluding hydrogens is 397 g/mol. The third-order valence-corrected chi connectivity index (χ3v) is 5.50. The Bertz CT molecular complexity index is 1010.